The summed E-state index contributed by atoms with van der Waals surface area (Å²) in [7, 11) is 4.17. The lowest BCUT2D eigenvalue weighted by molar-refractivity contribution is -0.153. The Labute approximate surface area is 177 Å². The van der Waals surface area contributed by atoms with Crippen molar-refractivity contribution in [2.45, 2.75) is 18.6 Å². The van der Waals surface area contributed by atoms with Gasteiger partial charge in [0.15, 0.2) is 18.1 Å². The lowest BCUT2D eigenvalue weighted by Gasteiger charge is -2.20. The van der Waals surface area contributed by atoms with Crippen LogP contribution in [0.25, 0.3) is 0 Å². The van der Waals surface area contributed by atoms with Crippen molar-refractivity contribution in [1.82, 2.24) is 5.32 Å². The van der Waals surface area contributed by atoms with Crippen LogP contribution in [0.2, 0.25) is 0 Å². The first-order chi connectivity index (χ1) is 14.7. The molecule has 0 fully saturated rings. The molecule has 0 saturated carbocycles. The summed E-state index contributed by atoms with van der Waals surface area (Å²) >= 11 is 0. The highest BCUT2D eigenvalue weighted by atomic mass is 19.4. The fraction of sp³-hybridized carbons (Fsp3) is 0.333. The quantitative estimate of drug-likeness (QED) is 0.598. The highest BCUT2D eigenvalue weighted by Crippen LogP contribution is 2.31. The van der Waals surface area contributed by atoms with Gasteiger partial charge in [-0.1, -0.05) is 6.07 Å². The van der Waals surface area contributed by atoms with Crippen molar-refractivity contribution in [3.63, 3.8) is 0 Å². The van der Waals surface area contributed by atoms with E-state index in [0.717, 1.165) is 0 Å². The maximum atomic E-state index is 12.7. The van der Waals surface area contributed by atoms with Crippen LogP contribution in [0, 0.1) is 0 Å². The first-order valence-corrected chi connectivity index (χ1v) is 9.06. The number of alkyl halides is 3. The zero-order chi connectivity index (χ0) is 23.0. The molecule has 0 aliphatic heterocycles. The Bertz CT molecular complexity index is 899. The van der Waals surface area contributed by atoms with Gasteiger partial charge in [-0.3, -0.25) is 9.59 Å². The SMILES string of the molecule is COC(=O)CC(NC(=O)c1ccc(OCC(F)(F)F)cc1)c1ccc(OC)c(OC)c1. The molecule has 2 rings (SSSR count). The monoisotopic (exact) mass is 441 g/mol. The number of halogens is 3. The molecule has 31 heavy (non-hydrogen) atoms. The van der Waals surface area contributed by atoms with E-state index in [2.05, 4.69) is 10.1 Å². The van der Waals surface area contributed by atoms with Gasteiger partial charge >= 0.3 is 12.1 Å². The average Bonchev–Trinajstić information content (AvgIpc) is 2.76. The molecule has 1 atom stereocenters. The number of benzene rings is 2. The second kappa shape index (κ2) is 10.6. The molecule has 1 unspecified atom stereocenters. The molecule has 2 aromatic rings. The van der Waals surface area contributed by atoms with Gasteiger partial charge < -0.3 is 24.3 Å². The number of carbonyl (C=O) groups is 2. The van der Waals surface area contributed by atoms with E-state index in [9.17, 15) is 22.8 Å². The maximum absolute atomic E-state index is 12.7. The fourth-order valence-electron chi connectivity index (χ4n) is 2.68. The molecule has 1 amide bonds. The smallest absolute Gasteiger partial charge is 0.422 e. The van der Waals surface area contributed by atoms with Crippen molar-refractivity contribution in [1.29, 1.82) is 0 Å². The van der Waals surface area contributed by atoms with E-state index < -0.39 is 30.7 Å². The number of rotatable bonds is 9. The Morgan fingerprint density at radius 1 is 0.968 bits per heavy atom. The van der Waals surface area contributed by atoms with Gasteiger partial charge in [-0.05, 0) is 42.0 Å². The van der Waals surface area contributed by atoms with Crippen LogP contribution < -0.4 is 19.5 Å². The van der Waals surface area contributed by atoms with Crippen LogP contribution in [0.15, 0.2) is 42.5 Å². The topological polar surface area (TPSA) is 83.1 Å². The second-order valence-corrected chi connectivity index (χ2v) is 6.35. The van der Waals surface area contributed by atoms with Crippen molar-refractivity contribution in [2.24, 2.45) is 0 Å². The Balaban J connectivity index is 2.19. The molecule has 0 aromatic heterocycles. The van der Waals surface area contributed by atoms with Crippen LogP contribution >= 0.6 is 0 Å². The standard InChI is InChI=1S/C21H22F3NO6/c1-28-17-9-6-14(10-18(17)29-2)16(11-19(26)30-3)25-20(27)13-4-7-15(8-5-13)31-12-21(22,23)24/h4-10,16H,11-12H2,1-3H3,(H,25,27). The predicted molar refractivity (Wildman–Crippen MR) is 104 cm³/mol. The number of esters is 1. The Hall–Kier alpha value is -3.43. The molecule has 0 bridgehead atoms. The normalized spacial score (nSPS) is 11.9. The van der Waals surface area contributed by atoms with Gasteiger partial charge in [0.2, 0.25) is 0 Å². The van der Waals surface area contributed by atoms with Gasteiger partial charge in [-0.15, -0.1) is 0 Å². The zero-order valence-corrected chi connectivity index (χ0v) is 17.1. The second-order valence-electron chi connectivity index (χ2n) is 6.35. The summed E-state index contributed by atoms with van der Waals surface area (Å²) in [4.78, 5) is 24.5. The lowest BCUT2D eigenvalue weighted by atomic mass is 10.0. The van der Waals surface area contributed by atoms with Crippen LogP contribution in [0.5, 0.6) is 17.2 Å². The lowest BCUT2D eigenvalue weighted by Crippen LogP contribution is -2.30. The first-order valence-electron chi connectivity index (χ1n) is 9.06. The molecule has 0 spiro atoms. The van der Waals surface area contributed by atoms with Crippen molar-refractivity contribution < 1.29 is 41.7 Å². The molecular weight excluding hydrogens is 419 g/mol. The van der Waals surface area contributed by atoms with Crippen LogP contribution in [0.1, 0.15) is 28.4 Å². The summed E-state index contributed by atoms with van der Waals surface area (Å²) < 4.78 is 56.5. The van der Waals surface area contributed by atoms with Crippen molar-refractivity contribution >= 4 is 11.9 Å². The van der Waals surface area contributed by atoms with Crippen molar-refractivity contribution in [3.8, 4) is 17.2 Å². The zero-order valence-electron chi connectivity index (χ0n) is 17.1. The molecule has 1 N–H and O–H groups in total. The third-order valence-corrected chi connectivity index (χ3v) is 4.23. The first kappa shape index (κ1) is 23.8. The van der Waals surface area contributed by atoms with E-state index in [4.69, 9.17) is 14.2 Å². The van der Waals surface area contributed by atoms with E-state index in [1.807, 2.05) is 0 Å². The Morgan fingerprint density at radius 3 is 2.16 bits per heavy atom. The van der Waals surface area contributed by atoms with E-state index in [1.165, 1.54) is 45.6 Å². The summed E-state index contributed by atoms with van der Waals surface area (Å²) in [5.41, 5.74) is 0.747. The van der Waals surface area contributed by atoms with Crippen LogP contribution in [0.4, 0.5) is 13.2 Å². The third-order valence-electron chi connectivity index (χ3n) is 4.23. The molecule has 0 radical (unpaired) electrons. The third kappa shape index (κ3) is 7.09. The molecular formula is C21H22F3NO6. The number of carbonyl (C=O) groups excluding carboxylic acids is 2. The molecule has 0 heterocycles. The van der Waals surface area contributed by atoms with Gasteiger partial charge in [-0.25, -0.2) is 0 Å². The van der Waals surface area contributed by atoms with Crippen LogP contribution in [0.3, 0.4) is 0 Å². The average molecular weight is 441 g/mol. The van der Waals surface area contributed by atoms with Crippen LogP contribution in [-0.4, -0.2) is 46.0 Å². The summed E-state index contributed by atoms with van der Waals surface area (Å²) in [6.45, 7) is -1.43. The number of nitrogens with one attached hydrogen (secondary N) is 1. The Kier molecular flexibility index (Phi) is 8.12. The molecule has 0 saturated heterocycles. The van der Waals surface area contributed by atoms with Gasteiger partial charge in [0.25, 0.3) is 5.91 Å². The Morgan fingerprint density at radius 2 is 1.61 bits per heavy atom. The number of amides is 1. The molecule has 10 heteroatoms. The van der Waals surface area contributed by atoms with Gasteiger partial charge in [0, 0.05) is 5.56 Å². The molecule has 0 aliphatic rings. The fourth-order valence-corrected chi connectivity index (χ4v) is 2.68. The number of methoxy groups -OCH3 is 3. The highest BCUT2D eigenvalue weighted by molar-refractivity contribution is 5.94. The number of hydrogen-bond acceptors (Lipinski definition) is 6. The van der Waals surface area contributed by atoms with Crippen LogP contribution in [-0.2, 0) is 9.53 Å². The van der Waals surface area contributed by atoms with Gasteiger partial charge in [-0.2, -0.15) is 13.2 Å². The summed E-state index contributed by atoms with van der Waals surface area (Å²) in [5.74, 6) is -0.221. The van der Waals surface area contributed by atoms with E-state index in [1.54, 1.807) is 18.2 Å². The van der Waals surface area contributed by atoms with E-state index in [0.29, 0.717) is 17.1 Å². The minimum Gasteiger partial charge on any atom is -0.493 e. The molecule has 0 aliphatic carbocycles. The maximum Gasteiger partial charge on any atom is 0.422 e. The minimum atomic E-state index is -4.46. The number of ether oxygens (including phenoxy) is 4. The van der Waals surface area contributed by atoms with Crippen molar-refractivity contribution in [2.75, 3.05) is 27.9 Å². The summed E-state index contributed by atoms with van der Waals surface area (Å²) in [5, 5.41) is 2.72. The molecule has 168 valence electrons. The van der Waals surface area contributed by atoms with Gasteiger partial charge in [0.1, 0.15) is 5.75 Å². The van der Waals surface area contributed by atoms with Gasteiger partial charge in [0.05, 0.1) is 33.8 Å². The van der Waals surface area contributed by atoms with Crippen molar-refractivity contribution in [3.05, 3.63) is 53.6 Å². The largest absolute Gasteiger partial charge is 0.493 e. The summed E-state index contributed by atoms with van der Waals surface area (Å²) in [6.07, 6.45) is -4.61. The minimum absolute atomic E-state index is 0.0279. The molecule has 7 nitrogen and oxygen atoms in total. The highest BCUT2D eigenvalue weighted by Gasteiger charge is 2.28. The number of hydrogen-bond donors (Lipinski definition) is 1. The molecule has 2 aromatic carbocycles. The predicted octanol–water partition coefficient (Wildman–Crippen LogP) is 3.68. The van der Waals surface area contributed by atoms with E-state index in [-0.39, 0.29) is 17.7 Å². The van der Waals surface area contributed by atoms with E-state index >= 15 is 0 Å². The summed E-state index contributed by atoms with van der Waals surface area (Å²) in [6, 6.07) is 9.34.